The van der Waals surface area contributed by atoms with Crippen molar-refractivity contribution in [3.8, 4) is 0 Å². The predicted octanol–water partition coefficient (Wildman–Crippen LogP) is 4.46. The molecule has 0 saturated heterocycles. The van der Waals surface area contributed by atoms with Crippen LogP contribution in [0.4, 0.5) is 0 Å². The number of rotatable bonds is 8. The fourth-order valence-electron chi connectivity index (χ4n) is 1.79. The molecule has 0 aliphatic heterocycles. The van der Waals surface area contributed by atoms with Gasteiger partial charge < -0.3 is 4.74 Å². The number of benzene rings is 1. The Morgan fingerprint density at radius 2 is 2.00 bits per heavy atom. The minimum atomic E-state index is -0.0886. The molecule has 2 nitrogen and oxygen atoms in total. The Balaban J connectivity index is 2.31. The molecule has 1 atom stereocenters. The van der Waals surface area contributed by atoms with Gasteiger partial charge in [0.2, 0.25) is 0 Å². The fraction of sp³-hybridized carbons (Fsp3) is 0.471. The molecule has 0 radical (unpaired) electrons. The highest BCUT2D eigenvalue weighted by atomic mass is 16.5. The number of carbonyl (C=O) groups is 1. The molecule has 1 aromatic rings. The lowest BCUT2D eigenvalue weighted by Crippen LogP contribution is -2.15. The van der Waals surface area contributed by atoms with Crippen molar-refractivity contribution in [1.29, 1.82) is 0 Å². The van der Waals surface area contributed by atoms with Gasteiger partial charge >= 0.3 is 5.97 Å². The number of carbonyl (C=O) groups excluding carboxylic acids is 1. The molecule has 0 saturated carbocycles. The highest BCUT2D eigenvalue weighted by Crippen LogP contribution is 2.20. The van der Waals surface area contributed by atoms with Crippen molar-refractivity contribution in [2.75, 3.05) is 6.61 Å². The van der Waals surface area contributed by atoms with Crippen LogP contribution in [-0.4, -0.2) is 12.6 Å². The molecule has 0 aliphatic carbocycles. The molecule has 0 amide bonds. The summed E-state index contributed by atoms with van der Waals surface area (Å²) in [6.45, 7) is 8.63. The molecule has 0 heterocycles. The number of esters is 1. The first-order chi connectivity index (χ1) is 9.15. The number of hydrogen-bond acceptors (Lipinski definition) is 2. The Hall–Kier alpha value is -1.57. The van der Waals surface area contributed by atoms with Crippen molar-refractivity contribution in [1.82, 2.24) is 0 Å². The predicted molar refractivity (Wildman–Crippen MR) is 79.7 cm³/mol. The number of unbranched alkanes of at least 4 members (excludes halogenated alkanes) is 1. The zero-order valence-electron chi connectivity index (χ0n) is 12.0. The van der Waals surface area contributed by atoms with Crippen molar-refractivity contribution in [2.24, 2.45) is 5.92 Å². The Kier molecular flexibility index (Phi) is 6.94. The summed E-state index contributed by atoms with van der Waals surface area (Å²) < 4.78 is 5.21. The minimum absolute atomic E-state index is 0.0580. The third-order valence-electron chi connectivity index (χ3n) is 3.21. The summed E-state index contributed by atoms with van der Waals surface area (Å²) in [7, 11) is 0. The summed E-state index contributed by atoms with van der Waals surface area (Å²) in [6.07, 6.45) is 3.61. The Bertz CT molecular complexity index is 395. The molecule has 1 aromatic carbocycles. The zero-order valence-corrected chi connectivity index (χ0v) is 12.0. The van der Waals surface area contributed by atoms with E-state index in [9.17, 15) is 4.79 Å². The maximum atomic E-state index is 11.7. The van der Waals surface area contributed by atoms with Crippen molar-refractivity contribution in [2.45, 2.75) is 39.5 Å². The van der Waals surface area contributed by atoms with Crippen molar-refractivity contribution in [3.63, 3.8) is 0 Å². The van der Waals surface area contributed by atoms with Crippen LogP contribution < -0.4 is 0 Å². The summed E-state index contributed by atoms with van der Waals surface area (Å²) >= 11 is 0. The van der Waals surface area contributed by atoms with Gasteiger partial charge in [0.15, 0.2) is 0 Å². The van der Waals surface area contributed by atoms with Gasteiger partial charge in [0, 0.05) is 0 Å². The molecular weight excluding hydrogens is 236 g/mol. The molecule has 1 unspecified atom stereocenters. The maximum absolute atomic E-state index is 11.7. The van der Waals surface area contributed by atoms with E-state index in [4.69, 9.17) is 4.74 Å². The van der Waals surface area contributed by atoms with Crippen LogP contribution in [0.2, 0.25) is 0 Å². The largest absolute Gasteiger partial charge is 0.465 e. The van der Waals surface area contributed by atoms with Gasteiger partial charge in [0.25, 0.3) is 0 Å². The topological polar surface area (TPSA) is 26.3 Å². The lowest BCUT2D eigenvalue weighted by atomic mass is 9.97. The van der Waals surface area contributed by atoms with Crippen LogP contribution in [0.1, 0.15) is 45.1 Å². The standard InChI is InChI=1S/C17H24O2/c1-4-5-13-19-17(18)15(3)12-11-14(2)16-9-7-6-8-10-16/h6-10,15H,2,4-5,11-13H2,1,3H3. The van der Waals surface area contributed by atoms with E-state index in [1.165, 1.54) is 0 Å². The van der Waals surface area contributed by atoms with E-state index < -0.39 is 0 Å². The van der Waals surface area contributed by atoms with Crippen LogP contribution in [0.25, 0.3) is 5.57 Å². The average Bonchev–Trinajstić information content (AvgIpc) is 2.45. The van der Waals surface area contributed by atoms with Crippen molar-refractivity contribution >= 4 is 11.5 Å². The molecule has 0 aliphatic rings. The van der Waals surface area contributed by atoms with Gasteiger partial charge in [-0.1, -0.05) is 57.2 Å². The van der Waals surface area contributed by atoms with Crippen molar-refractivity contribution in [3.05, 3.63) is 42.5 Å². The SMILES string of the molecule is C=C(CCC(C)C(=O)OCCCC)c1ccccc1. The highest BCUT2D eigenvalue weighted by molar-refractivity contribution is 5.72. The first kappa shape index (κ1) is 15.5. The first-order valence-electron chi connectivity index (χ1n) is 7.05. The molecule has 2 heteroatoms. The molecule has 0 aromatic heterocycles. The highest BCUT2D eigenvalue weighted by Gasteiger charge is 2.14. The smallest absolute Gasteiger partial charge is 0.308 e. The van der Waals surface area contributed by atoms with E-state index in [0.29, 0.717) is 6.61 Å². The van der Waals surface area contributed by atoms with Crippen LogP contribution in [0.3, 0.4) is 0 Å². The van der Waals surface area contributed by atoms with Crippen LogP contribution >= 0.6 is 0 Å². The number of allylic oxidation sites excluding steroid dienone is 1. The summed E-state index contributed by atoms with van der Waals surface area (Å²) in [5, 5.41) is 0. The monoisotopic (exact) mass is 260 g/mol. The van der Waals surface area contributed by atoms with Gasteiger partial charge in [-0.25, -0.2) is 0 Å². The van der Waals surface area contributed by atoms with Crippen LogP contribution in [0.15, 0.2) is 36.9 Å². The van der Waals surface area contributed by atoms with Crippen molar-refractivity contribution < 1.29 is 9.53 Å². The average molecular weight is 260 g/mol. The van der Waals surface area contributed by atoms with E-state index in [2.05, 4.69) is 13.5 Å². The molecule has 104 valence electrons. The van der Waals surface area contributed by atoms with Gasteiger partial charge in [-0.15, -0.1) is 0 Å². The van der Waals surface area contributed by atoms with Gasteiger partial charge in [0.05, 0.1) is 12.5 Å². The summed E-state index contributed by atoms with van der Waals surface area (Å²) in [5.74, 6) is -0.147. The number of ether oxygens (including phenoxy) is 1. The summed E-state index contributed by atoms with van der Waals surface area (Å²) in [4.78, 5) is 11.7. The fourth-order valence-corrected chi connectivity index (χ4v) is 1.79. The van der Waals surface area contributed by atoms with Crippen LogP contribution in [0.5, 0.6) is 0 Å². The second kappa shape index (κ2) is 8.52. The maximum Gasteiger partial charge on any atom is 0.308 e. The molecule has 19 heavy (non-hydrogen) atoms. The Morgan fingerprint density at radius 3 is 2.63 bits per heavy atom. The van der Waals surface area contributed by atoms with E-state index in [0.717, 1.165) is 36.8 Å². The third-order valence-corrected chi connectivity index (χ3v) is 3.21. The molecule has 0 fully saturated rings. The first-order valence-corrected chi connectivity index (χ1v) is 7.05. The second-order valence-electron chi connectivity index (χ2n) is 4.93. The van der Waals surface area contributed by atoms with E-state index in [1.807, 2.05) is 37.3 Å². The molecular formula is C17H24O2. The molecule has 0 bridgehead atoms. The minimum Gasteiger partial charge on any atom is -0.465 e. The molecule has 1 rings (SSSR count). The third kappa shape index (κ3) is 5.73. The summed E-state index contributed by atoms with van der Waals surface area (Å²) in [6, 6.07) is 10.1. The lowest BCUT2D eigenvalue weighted by Gasteiger charge is -2.12. The van der Waals surface area contributed by atoms with Gasteiger partial charge in [-0.2, -0.15) is 0 Å². The Labute approximate surface area is 116 Å². The quantitative estimate of drug-likeness (QED) is 0.509. The van der Waals surface area contributed by atoms with Gasteiger partial charge in [0.1, 0.15) is 0 Å². The van der Waals surface area contributed by atoms with Crippen LogP contribution in [-0.2, 0) is 9.53 Å². The Morgan fingerprint density at radius 1 is 1.32 bits per heavy atom. The normalized spacial score (nSPS) is 11.9. The summed E-state index contributed by atoms with van der Waals surface area (Å²) in [5.41, 5.74) is 2.22. The van der Waals surface area contributed by atoms with Gasteiger partial charge in [-0.05, 0) is 30.4 Å². The molecule has 0 spiro atoms. The van der Waals surface area contributed by atoms with E-state index in [-0.39, 0.29) is 11.9 Å². The second-order valence-corrected chi connectivity index (χ2v) is 4.93. The number of hydrogen-bond donors (Lipinski definition) is 0. The van der Waals surface area contributed by atoms with Gasteiger partial charge in [-0.3, -0.25) is 4.79 Å². The van der Waals surface area contributed by atoms with E-state index >= 15 is 0 Å². The van der Waals surface area contributed by atoms with Crippen LogP contribution in [0, 0.1) is 5.92 Å². The molecule has 0 N–H and O–H groups in total. The zero-order chi connectivity index (χ0) is 14.1. The van der Waals surface area contributed by atoms with E-state index in [1.54, 1.807) is 0 Å². The lowest BCUT2D eigenvalue weighted by molar-refractivity contribution is -0.148.